The molecule has 0 aromatic heterocycles. The Bertz CT molecular complexity index is 1190. The van der Waals surface area contributed by atoms with E-state index in [1.165, 1.54) is 0 Å². The third-order valence-corrected chi connectivity index (χ3v) is 5.62. The van der Waals surface area contributed by atoms with Crippen LogP contribution in [0.25, 0.3) is 0 Å². The Kier molecular flexibility index (Phi) is 6.60. The van der Waals surface area contributed by atoms with Crippen LogP contribution in [0.4, 0.5) is 0 Å². The largest absolute Gasteiger partial charge is 0.497 e. The van der Waals surface area contributed by atoms with Crippen LogP contribution in [0.1, 0.15) is 27.5 Å². The Balaban J connectivity index is 1.68. The number of nitrogens with zero attached hydrogens (tertiary/aromatic N) is 1. The fourth-order valence-electron chi connectivity index (χ4n) is 3.69. The summed E-state index contributed by atoms with van der Waals surface area (Å²) in [6.45, 7) is 0. The first-order valence-electron chi connectivity index (χ1n) is 10.3. The van der Waals surface area contributed by atoms with Crippen molar-refractivity contribution < 1.29 is 23.7 Å². The molecule has 0 unspecified atom stereocenters. The normalized spacial score (nSPS) is 18.6. The molecule has 0 radical (unpaired) electrons. The van der Waals surface area contributed by atoms with Gasteiger partial charge in [-0.15, -0.1) is 10.1 Å². The summed E-state index contributed by atoms with van der Waals surface area (Å²) in [7, 11) is 3.15. The molecule has 1 heterocycles. The van der Waals surface area contributed by atoms with Crippen LogP contribution < -0.4 is 20.2 Å². The van der Waals surface area contributed by atoms with Crippen LogP contribution >= 0.6 is 11.6 Å². The third-order valence-electron chi connectivity index (χ3n) is 5.37. The van der Waals surface area contributed by atoms with E-state index < -0.39 is 12.1 Å². The molecule has 1 aliphatic heterocycles. The summed E-state index contributed by atoms with van der Waals surface area (Å²) in [6.07, 6.45) is 1.80. The Morgan fingerprint density at radius 3 is 2.36 bits per heavy atom. The number of methoxy groups -OCH3 is 2. The summed E-state index contributed by atoms with van der Waals surface area (Å²) in [5.74, 6) is 0.654. The Labute approximate surface area is 196 Å². The van der Waals surface area contributed by atoms with Gasteiger partial charge in [0.05, 0.1) is 14.2 Å². The number of hydrazine groups is 1. The molecular weight excluding hydrogens is 442 g/mol. The van der Waals surface area contributed by atoms with Crippen LogP contribution in [0.2, 0.25) is 5.02 Å². The molecule has 2 N–H and O–H groups in total. The zero-order valence-electron chi connectivity index (χ0n) is 18.1. The van der Waals surface area contributed by atoms with Gasteiger partial charge in [-0.3, -0.25) is 9.59 Å². The zero-order chi connectivity index (χ0) is 23.4. The first-order chi connectivity index (χ1) is 16.0. The number of benzene rings is 3. The van der Waals surface area contributed by atoms with Gasteiger partial charge >= 0.3 is 5.91 Å². The highest BCUT2D eigenvalue weighted by atomic mass is 35.5. The second kappa shape index (κ2) is 9.75. The van der Waals surface area contributed by atoms with E-state index in [1.807, 2.05) is 36.4 Å². The van der Waals surface area contributed by atoms with Crippen molar-refractivity contribution in [1.82, 2.24) is 10.7 Å². The summed E-state index contributed by atoms with van der Waals surface area (Å²) in [4.78, 5) is 25.9. The van der Waals surface area contributed by atoms with Gasteiger partial charge in [0.2, 0.25) is 12.3 Å². The van der Waals surface area contributed by atoms with Gasteiger partial charge in [0, 0.05) is 21.7 Å². The van der Waals surface area contributed by atoms with Crippen LogP contribution in [0.15, 0.2) is 72.8 Å². The van der Waals surface area contributed by atoms with E-state index in [1.54, 1.807) is 61.5 Å². The summed E-state index contributed by atoms with van der Waals surface area (Å²) >= 11 is 6.07. The molecule has 1 saturated heterocycles. The fraction of sp³-hybridized carbons (Fsp3) is 0.160. The van der Waals surface area contributed by atoms with Crippen molar-refractivity contribution in [2.24, 2.45) is 0 Å². The van der Waals surface area contributed by atoms with Gasteiger partial charge in [0.1, 0.15) is 11.5 Å². The summed E-state index contributed by atoms with van der Waals surface area (Å²) in [6, 6.07) is 20.0. The number of halogens is 1. The third kappa shape index (κ3) is 4.99. The number of hydrazone groups is 1. The van der Waals surface area contributed by atoms with E-state index in [2.05, 4.69) is 10.7 Å². The summed E-state index contributed by atoms with van der Waals surface area (Å²) in [5.41, 5.74) is 4.93. The van der Waals surface area contributed by atoms with Gasteiger partial charge in [-0.1, -0.05) is 29.8 Å². The second-order valence-corrected chi connectivity index (χ2v) is 7.90. The lowest BCUT2D eigenvalue weighted by atomic mass is 9.99. The molecule has 4 rings (SSSR count). The van der Waals surface area contributed by atoms with Crippen molar-refractivity contribution in [3.8, 4) is 11.5 Å². The van der Waals surface area contributed by atoms with E-state index in [4.69, 9.17) is 21.1 Å². The molecule has 33 heavy (non-hydrogen) atoms. The van der Waals surface area contributed by atoms with Crippen LogP contribution in [-0.2, 0) is 4.79 Å². The minimum Gasteiger partial charge on any atom is -0.497 e. The molecule has 2 atom stereocenters. The standard InChI is InChI=1S/C25H22ClN3O4/c1-32-20-12-8-18(9-13-20)24(30)27-22-23(17-6-10-19(26)11-7-17)29(28-25(22)31)15-16-4-3-5-21(14-16)33-2/h3-15,22-23H,1-2H3,(H-,27,28,30,31)/p+1/b29-15-/t22-,23-/m0/s1. The molecule has 0 aliphatic carbocycles. The number of ether oxygens (including phenoxy) is 2. The predicted octanol–water partition coefficient (Wildman–Crippen LogP) is 3.37. The molecule has 8 heteroatoms. The number of carbonyl (C=O) groups excluding carboxylic acids is 2. The molecule has 1 fully saturated rings. The average molecular weight is 465 g/mol. The molecule has 1 aliphatic rings. The highest BCUT2D eigenvalue weighted by molar-refractivity contribution is 6.30. The molecule has 3 aromatic carbocycles. The Hall–Kier alpha value is -3.84. The number of hydrogen-bond donors (Lipinski definition) is 2. The van der Waals surface area contributed by atoms with E-state index in [0.29, 0.717) is 22.1 Å². The maximum absolute atomic E-state index is 13.0. The maximum Gasteiger partial charge on any atom is 0.304 e. The summed E-state index contributed by atoms with van der Waals surface area (Å²) < 4.78 is 12.1. The maximum atomic E-state index is 13.0. The summed E-state index contributed by atoms with van der Waals surface area (Å²) in [5, 5.41) is 3.45. The highest BCUT2D eigenvalue weighted by Gasteiger charge is 2.47. The van der Waals surface area contributed by atoms with Gasteiger partial charge in [-0.25, -0.2) is 0 Å². The van der Waals surface area contributed by atoms with Gasteiger partial charge in [0.25, 0.3) is 5.91 Å². The Morgan fingerprint density at radius 2 is 1.70 bits per heavy atom. The minimum atomic E-state index is -0.831. The molecule has 3 aromatic rings. The van der Waals surface area contributed by atoms with Crippen LogP contribution in [-0.4, -0.2) is 43.0 Å². The van der Waals surface area contributed by atoms with Crippen LogP contribution in [0.5, 0.6) is 11.5 Å². The minimum absolute atomic E-state index is 0.323. The van der Waals surface area contributed by atoms with Crippen molar-refractivity contribution >= 4 is 29.6 Å². The smallest absolute Gasteiger partial charge is 0.304 e. The molecule has 168 valence electrons. The molecular formula is C25H23ClN3O4+. The fourth-order valence-corrected chi connectivity index (χ4v) is 3.82. The second-order valence-electron chi connectivity index (χ2n) is 7.47. The molecule has 7 nitrogen and oxygen atoms in total. The Morgan fingerprint density at radius 1 is 1.00 bits per heavy atom. The topological polar surface area (TPSA) is 79.7 Å². The molecule has 0 spiro atoms. The zero-order valence-corrected chi connectivity index (χ0v) is 18.9. The first-order valence-corrected chi connectivity index (χ1v) is 10.6. The van der Waals surface area contributed by atoms with E-state index >= 15 is 0 Å². The van der Waals surface area contributed by atoms with Crippen molar-refractivity contribution in [2.75, 3.05) is 14.2 Å². The lowest BCUT2D eigenvalue weighted by Gasteiger charge is -2.15. The van der Waals surface area contributed by atoms with E-state index in [0.717, 1.165) is 11.1 Å². The first kappa shape index (κ1) is 22.4. The number of nitrogens with one attached hydrogen (secondary N) is 2. The van der Waals surface area contributed by atoms with Gasteiger partial charge in [-0.2, -0.15) is 0 Å². The number of hydrogen-bond acceptors (Lipinski definition) is 4. The van der Waals surface area contributed by atoms with E-state index in [9.17, 15) is 9.59 Å². The van der Waals surface area contributed by atoms with Crippen molar-refractivity contribution in [3.63, 3.8) is 0 Å². The van der Waals surface area contributed by atoms with Crippen molar-refractivity contribution in [3.05, 3.63) is 94.5 Å². The lowest BCUT2D eigenvalue weighted by molar-refractivity contribution is -0.596. The van der Waals surface area contributed by atoms with Gasteiger partial charge < -0.3 is 14.8 Å². The van der Waals surface area contributed by atoms with E-state index in [-0.39, 0.29) is 11.8 Å². The molecule has 2 amide bonds. The predicted molar refractivity (Wildman–Crippen MR) is 125 cm³/mol. The molecule has 0 bridgehead atoms. The van der Waals surface area contributed by atoms with Gasteiger partial charge in [-0.05, 0) is 54.6 Å². The van der Waals surface area contributed by atoms with Crippen molar-refractivity contribution in [1.29, 1.82) is 0 Å². The quantitative estimate of drug-likeness (QED) is 0.548. The monoisotopic (exact) mass is 464 g/mol. The van der Waals surface area contributed by atoms with Gasteiger partial charge in [0.15, 0.2) is 6.04 Å². The number of carbonyl (C=O) groups is 2. The average Bonchev–Trinajstić information content (AvgIpc) is 3.14. The number of amides is 2. The van der Waals surface area contributed by atoms with Crippen LogP contribution in [0.3, 0.4) is 0 Å². The van der Waals surface area contributed by atoms with Crippen LogP contribution in [0, 0.1) is 0 Å². The number of rotatable bonds is 6. The molecule has 0 saturated carbocycles. The van der Waals surface area contributed by atoms with Crippen molar-refractivity contribution in [2.45, 2.75) is 12.1 Å². The highest BCUT2D eigenvalue weighted by Crippen LogP contribution is 2.27. The lowest BCUT2D eigenvalue weighted by Crippen LogP contribution is -2.42. The SMILES string of the molecule is COc1ccc(C(=O)N[C@@H]2C(=O)N/[N+](=C\c3cccc(OC)c3)[C@H]2c2ccc(Cl)cc2)cc1.